The molecular formula is C27H24ClNO4. The van der Waals surface area contributed by atoms with Crippen LogP contribution in [-0.2, 0) is 4.79 Å². The van der Waals surface area contributed by atoms with Crippen LogP contribution in [0.1, 0.15) is 18.1 Å². The molecule has 0 bridgehead atoms. The van der Waals surface area contributed by atoms with Gasteiger partial charge in [0.05, 0.1) is 20.5 Å². The maximum atomic E-state index is 12.7. The van der Waals surface area contributed by atoms with E-state index in [9.17, 15) is 4.79 Å². The summed E-state index contributed by atoms with van der Waals surface area (Å²) in [7, 11) is 3.24. The molecule has 33 heavy (non-hydrogen) atoms. The number of methoxy groups -OCH3 is 2. The van der Waals surface area contributed by atoms with E-state index < -0.39 is 0 Å². The van der Waals surface area contributed by atoms with Crippen LogP contribution in [0, 0.1) is 6.92 Å². The Morgan fingerprint density at radius 3 is 2.61 bits per heavy atom. The van der Waals surface area contributed by atoms with Crippen molar-refractivity contribution in [3.8, 4) is 22.6 Å². The average Bonchev–Trinajstić information content (AvgIpc) is 3.24. The van der Waals surface area contributed by atoms with Crippen LogP contribution >= 0.6 is 11.6 Å². The lowest BCUT2D eigenvalue weighted by atomic mass is 9.99. The van der Waals surface area contributed by atoms with Crippen LogP contribution in [0.25, 0.3) is 27.7 Å². The lowest BCUT2D eigenvalue weighted by molar-refractivity contribution is -0.111. The first kappa shape index (κ1) is 22.5. The molecule has 3 aromatic carbocycles. The first-order valence-electron chi connectivity index (χ1n) is 10.4. The molecule has 1 aromatic heterocycles. The summed E-state index contributed by atoms with van der Waals surface area (Å²) in [5.74, 6) is 1.13. The zero-order chi connectivity index (χ0) is 23.5. The molecule has 1 N–H and O–H groups in total. The summed E-state index contributed by atoms with van der Waals surface area (Å²) >= 11 is 6.17. The third kappa shape index (κ3) is 4.59. The minimum Gasteiger partial charge on any atom is -0.497 e. The quantitative estimate of drug-likeness (QED) is 0.310. The first-order valence-corrected chi connectivity index (χ1v) is 10.8. The van der Waals surface area contributed by atoms with Crippen molar-refractivity contribution in [2.24, 2.45) is 0 Å². The van der Waals surface area contributed by atoms with Crippen LogP contribution in [0.15, 0.2) is 71.4 Å². The van der Waals surface area contributed by atoms with E-state index in [-0.39, 0.29) is 5.91 Å². The predicted molar refractivity (Wildman–Crippen MR) is 133 cm³/mol. The second-order valence-electron chi connectivity index (χ2n) is 7.66. The summed E-state index contributed by atoms with van der Waals surface area (Å²) in [5.41, 5.74) is 5.64. The highest BCUT2D eigenvalue weighted by Crippen LogP contribution is 2.38. The van der Waals surface area contributed by atoms with Gasteiger partial charge in [-0.25, -0.2) is 0 Å². The predicted octanol–water partition coefficient (Wildman–Crippen LogP) is 7.12. The smallest absolute Gasteiger partial charge is 0.248 e. The van der Waals surface area contributed by atoms with E-state index in [0.717, 1.165) is 39.0 Å². The molecule has 1 heterocycles. The third-order valence-corrected chi connectivity index (χ3v) is 5.98. The van der Waals surface area contributed by atoms with Crippen LogP contribution in [-0.4, -0.2) is 20.1 Å². The van der Waals surface area contributed by atoms with Gasteiger partial charge >= 0.3 is 0 Å². The van der Waals surface area contributed by atoms with E-state index in [1.807, 2.05) is 56.3 Å². The fraction of sp³-hybridized carbons (Fsp3) is 0.148. The number of benzene rings is 3. The molecule has 6 heteroatoms. The molecule has 0 spiro atoms. The molecular weight excluding hydrogens is 438 g/mol. The van der Waals surface area contributed by atoms with Gasteiger partial charge in [-0.2, -0.15) is 0 Å². The number of fused-ring (bicyclic) bond motifs is 1. The first-order chi connectivity index (χ1) is 15.9. The number of hydrogen-bond donors (Lipinski definition) is 1. The van der Waals surface area contributed by atoms with Crippen LogP contribution in [0.5, 0.6) is 11.5 Å². The molecule has 0 aliphatic carbocycles. The summed E-state index contributed by atoms with van der Waals surface area (Å²) in [5, 5.41) is 4.42. The second-order valence-corrected chi connectivity index (χ2v) is 8.07. The van der Waals surface area contributed by atoms with Crippen molar-refractivity contribution < 1.29 is 18.7 Å². The lowest BCUT2D eigenvalue weighted by Crippen LogP contribution is -2.10. The summed E-state index contributed by atoms with van der Waals surface area (Å²) in [6.07, 6.45) is 3.27. The molecule has 0 radical (unpaired) electrons. The van der Waals surface area contributed by atoms with Crippen LogP contribution in [0.2, 0.25) is 5.02 Å². The molecule has 4 aromatic rings. The van der Waals surface area contributed by atoms with Gasteiger partial charge in [-0.05, 0) is 60.9 Å². The lowest BCUT2D eigenvalue weighted by Gasteiger charge is -2.11. The normalized spacial score (nSPS) is 11.5. The van der Waals surface area contributed by atoms with Crippen LogP contribution in [0.4, 0.5) is 5.69 Å². The Morgan fingerprint density at radius 1 is 1.06 bits per heavy atom. The van der Waals surface area contributed by atoms with Crippen molar-refractivity contribution in [2.45, 2.75) is 13.8 Å². The topological polar surface area (TPSA) is 60.7 Å². The fourth-order valence-corrected chi connectivity index (χ4v) is 3.91. The molecule has 168 valence electrons. The minimum absolute atomic E-state index is 0.250. The summed E-state index contributed by atoms with van der Waals surface area (Å²) in [6, 6.07) is 17.0. The highest BCUT2D eigenvalue weighted by atomic mass is 35.5. The van der Waals surface area contributed by atoms with Gasteiger partial charge in [-0.1, -0.05) is 29.8 Å². The summed E-state index contributed by atoms with van der Waals surface area (Å²) < 4.78 is 16.8. The van der Waals surface area contributed by atoms with E-state index in [4.69, 9.17) is 25.5 Å². The van der Waals surface area contributed by atoms with Gasteiger partial charge in [0, 0.05) is 39.4 Å². The molecule has 0 fully saturated rings. The fourth-order valence-electron chi connectivity index (χ4n) is 3.73. The summed E-state index contributed by atoms with van der Waals surface area (Å²) in [6.45, 7) is 3.74. The number of carbonyl (C=O) groups is 1. The molecule has 0 saturated heterocycles. The molecule has 0 aliphatic rings. The number of ether oxygens (including phenoxy) is 2. The minimum atomic E-state index is -0.250. The van der Waals surface area contributed by atoms with E-state index in [1.54, 1.807) is 38.7 Å². The van der Waals surface area contributed by atoms with E-state index in [0.29, 0.717) is 22.0 Å². The molecule has 0 saturated carbocycles. The Kier molecular flexibility index (Phi) is 6.43. The highest BCUT2D eigenvalue weighted by Gasteiger charge is 2.15. The highest BCUT2D eigenvalue weighted by molar-refractivity contribution is 6.31. The molecule has 0 atom stereocenters. The van der Waals surface area contributed by atoms with Crippen LogP contribution in [0.3, 0.4) is 0 Å². The van der Waals surface area contributed by atoms with Gasteiger partial charge in [0.15, 0.2) is 0 Å². The largest absolute Gasteiger partial charge is 0.497 e. The van der Waals surface area contributed by atoms with Crippen molar-refractivity contribution >= 4 is 39.7 Å². The SMILES string of the molecule is COc1cccc(-c2coc3cc(OC)c(/C(C)=C/C(=O)Nc4cccc(Cl)c4C)cc23)c1. The number of rotatable bonds is 6. The monoisotopic (exact) mass is 461 g/mol. The maximum absolute atomic E-state index is 12.7. The van der Waals surface area contributed by atoms with Crippen molar-refractivity contribution in [3.63, 3.8) is 0 Å². The number of furan rings is 1. The van der Waals surface area contributed by atoms with Crippen molar-refractivity contribution in [1.82, 2.24) is 0 Å². The Bertz CT molecular complexity index is 1370. The van der Waals surface area contributed by atoms with Gasteiger partial charge in [0.1, 0.15) is 17.1 Å². The average molecular weight is 462 g/mol. The Hall–Kier alpha value is -3.70. The van der Waals surface area contributed by atoms with Gasteiger partial charge in [0.25, 0.3) is 0 Å². The van der Waals surface area contributed by atoms with E-state index >= 15 is 0 Å². The van der Waals surface area contributed by atoms with Crippen molar-refractivity contribution in [2.75, 3.05) is 19.5 Å². The Balaban J connectivity index is 1.72. The van der Waals surface area contributed by atoms with E-state index in [1.165, 1.54) is 0 Å². The van der Waals surface area contributed by atoms with Crippen molar-refractivity contribution in [1.29, 1.82) is 0 Å². The number of hydrogen-bond acceptors (Lipinski definition) is 4. The number of halogens is 1. The Labute approximate surface area is 197 Å². The standard InChI is InChI=1S/C27H24ClNO4/c1-16(11-27(30)29-24-10-6-9-23(28)17(24)2)20-13-21-22(15-33-26(21)14-25(20)32-4)18-7-5-8-19(12-18)31-3/h5-15H,1-4H3,(H,29,30)/b16-11+. The number of anilines is 1. The second kappa shape index (κ2) is 9.43. The summed E-state index contributed by atoms with van der Waals surface area (Å²) in [4.78, 5) is 12.7. The zero-order valence-corrected chi connectivity index (χ0v) is 19.6. The molecule has 4 rings (SSSR count). The molecule has 0 aliphatic heterocycles. The van der Waals surface area contributed by atoms with E-state index in [2.05, 4.69) is 5.32 Å². The van der Waals surface area contributed by atoms with Gasteiger partial charge in [-0.15, -0.1) is 0 Å². The van der Waals surface area contributed by atoms with Gasteiger partial charge < -0.3 is 19.2 Å². The molecule has 1 amide bonds. The molecule has 0 unspecified atom stereocenters. The third-order valence-electron chi connectivity index (χ3n) is 5.57. The number of amides is 1. The molecule has 5 nitrogen and oxygen atoms in total. The number of allylic oxidation sites excluding steroid dienone is 1. The van der Waals surface area contributed by atoms with Gasteiger partial charge in [-0.3, -0.25) is 4.79 Å². The van der Waals surface area contributed by atoms with Gasteiger partial charge in [0.2, 0.25) is 5.91 Å². The zero-order valence-electron chi connectivity index (χ0n) is 18.9. The van der Waals surface area contributed by atoms with Crippen molar-refractivity contribution in [3.05, 3.63) is 83.1 Å². The van der Waals surface area contributed by atoms with Crippen LogP contribution < -0.4 is 14.8 Å². The number of nitrogens with one attached hydrogen (secondary N) is 1. The maximum Gasteiger partial charge on any atom is 0.248 e. The Morgan fingerprint density at radius 2 is 1.85 bits per heavy atom. The number of carbonyl (C=O) groups excluding carboxylic acids is 1.